The van der Waals surface area contributed by atoms with Crippen molar-refractivity contribution in [2.24, 2.45) is 11.5 Å². The van der Waals surface area contributed by atoms with E-state index in [1.807, 2.05) is 6.07 Å². The Bertz CT molecular complexity index is 1170. The Morgan fingerprint density at radius 3 is 1.93 bits per heavy atom. The topological polar surface area (TPSA) is 234 Å². The molecule has 0 aromatic heterocycles. The van der Waals surface area contributed by atoms with E-state index in [1.165, 1.54) is 19.1 Å². The number of aromatic hydroxyl groups is 1. The minimum absolute atomic E-state index is 0.00571. The Kier molecular flexibility index (Phi) is 12.0. The van der Waals surface area contributed by atoms with Crippen molar-refractivity contribution >= 4 is 29.6 Å². The predicted molar refractivity (Wildman–Crippen MR) is 143 cm³/mol. The van der Waals surface area contributed by atoms with Crippen LogP contribution in [0.25, 0.3) is 0 Å². The van der Waals surface area contributed by atoms with Gasteiger partial charge in [-0.1, -0.05) is 42.5 Å². The van der Waals surface area contributed by atoms with Gasteiger partial charge in [0.05, 0.1) is 12.1 Å². The molecule has 0 saturated heterocycles. The molecule has 5 atom stereocenters. The number of amides is 4. The van der Waals surface area contributed by atoms with Crippen LogP contribution in [0, 0.1) is 0 Å². The Morgan fingerprint density at radius 1 is 0.800 bits per heavy atom. The minimum Gasteiger partial charge on any atom is -0.508 e. The zero-order chi connectivity index (χ0) is 29.8. The second-order valence-electron chi connectivity index (χ2n) is 9.36. The number of phenols is 1. The summed E-state index contributed by atoms with van der Waals surface area (Å²) in [6.45, 7) is 1.22. The number of hydrogen-bond acceptors (Lipinski definition) is 8. The van der Waals surface area contributed by atoms with Crippen LogP contribution in [0.5, 0.6) is 5.75 Å². The summed E-state index contributed by atoms with van der Waals surface area (Å²) in [5.74, 6) is -4.71. The normalized spacial score (nSPS) is 14.6. The van der Waals surface area contributed by atoms with Gasteiger partial charge in [-0.2, -0.15) is 0 Å². The average Bonchev–Trinajstić information content (AvgIpc) is 2.90. The Balaban J connectivity index is 2.20. The van der Waals surface area contributed by atoms with Crippen molar-refractivity contribution in [3.63, 3.8) is 0 Å². The van der Waals surface area contributed by atoms with Gasteiger partial charge in [0.1, 0.15) is 23.9 Å². The number of aliphatic carboxylic acids is 1. The van der Waals surface area contributed by atoms with Crippen LogP contribution in [0.3, 0.4) is 0 Å². The Morgan fingerprint density at radius 2 is 1.38 bits per heavy atom. The number of rotatable bonds is 15. The number of hydrogen-bond donors (Lipinski definition) is 8. The molecule has 5 unspecified atom stereocenters. The van der Waals surface area contributed by atoms with E-state index >= 15 is 0 Å². The fourth-order valence-corrected chi connectivity index (χ4v) is 3.78. The molecular formula is C27H35N5O8. The van der Waals surface area contributed by atoms with Gasteiger partial charge in [-0.05, 0) is 43.0 Å². The van der Waals surface area contributed by atoms with Gasteiger partial charge in [-0.3, -0.25) is 19.2 Å². The average molecular weight is 558 g/mol. The third-order valence-electron chi connectivity index (χ3n) is 6.00. The lowest BCUT2D eigenvalue weighted by Gasteiger charge is -2.26. The van der Waals surface area contributed by atoms with Gasteiger partial charge in [0.15, 0.2) is 0 Å². The number of carboxylic acids is 1. The summed E-state index contributed by atoms with van der Waals surface area (Å²) in [7, 11) is 0. The van der Waals surface area contributed by atoms with Crippen molar-refractivity contribution < 1.29 is 39.3 Å². The van der Waals surface area contributed by atoms with Gasteiger partial charge < -0.3 is 42.7 Å². The lowest BCUT2D eigenvalue weighted by molar-refractivity contribution is -0.143. The summed E-state index contributed by atoms with van der Waals surface area (Å²) in [6.07, 6.45) is -1.93. The van der Waals surface area contributed by atoms with Crippen LogP contribution >= 0.6 is 0 Å². The summed E-state index contributed by atoms with van der Waals surface area (Å²) in [4.78, 5) is 61.6. The molecule has 4 amide bonds. The van der Waals surface area contributed by atoms with Crippen molar-refractivity contribution in [1.29, 1.82) is 0 Å². The number of carbonyl (C=O) groups excluding carboxylic acids is 4. The first-order valence-electron chi connectivity index (χ1n) is 12.5. The molecule has 2 aromatic rings. The van der Waals surface area contributed by atoms with E-state index in [4.69, 9.17) is 11.5 Å². The molecule has 0 aliphatic carbocycles. The summed E-state index contributed by atoms with van der Waals surface area (Å²) in [5.41, 5.74) is 12.5. The Hall–Kier alpha value is -4.49. The number of nitrogens with one attached hydrogen (secondary N) is 3. The van der Waals surface area contributed by atoms with Crippen molar-refractivity contribution in [2.45, 2.75) is 62.9 Å². The number of primary amides is 1. The molecule has 13 heteroatoms. The first kappa shape index (κ1) is 31.7. The van der Waals surface area contributed by atoms with Crippen LogP contribution in [0.4, 0.5) is 0 Å². The molecule has 0 bridgehead atoms. The van der Waals surface area contributed by atoms with E-state index in [0.29, 0.717) is 5.56 Å². The SMILES string of the molecule is CC(O)C(NC(=O)C(Cc1ccc(O)cc1)NC(=O)C(N)Cc1ccccc1)C(=O)NC(CCC(N)=O)C(=O)O. The molecule has 0 saturated carbocycles. The molecule has 0 aliphatic heterocycles. The lowest BCUT2D eigenvalue weighted by atomic mass is 10.0. The first-order chi connectivity index (χ1) is 18.9. The number of nitrogens with two attached hydrogens (primary N) is 2. The maximum atomic E-state index is 13.3. The van der Waals surface area contributed by atoms with Crippen LogP contribution in [-0.4, -0.2) is 75.2 Å². The first-order valence-corrected chi connectivity index (χ1v) is 12.5. The minimum atomic E-state index is -1.60. The van der Waals surface area contributed by atoms with E-state index in [-0.39, 0.29) is 31.4 Å². The monoisotopic (exact) mass is 557 g/mol. The predicted octanol–water partition coefficient (Wildman–Crippen LogP) is -1.31. The van der Waals surface area contributed by atoms with Crippen molar-refractivity contribution in [3.8, 4) is 5.75 Å². The highest BCUT2D eigenvalue weighted by Crippen LogP contribution is 2.12. The molecule has 0 spiro atoms. The second kappa shape index (κ2) is 15.2. The zero-order valence-electron chi connectivity index (χ0n) is 21.9. The van der Waals surface area contributed by atoms with Crippen LogP contribution in [-0.2, 0) is 36.8 Å². The smallest absolute Gasteiger partial charge is 0.326 e. The molecule has 0 aliphatic rings. The number of aliphatic hydroxyl groups excluding tert-OH is 1. The number of aliphatic hydroxyl groups is 1. The van der Waals surface area contributed by atoms with Crippen LogP contribution in [0.1, 0.15) is 30.9 Å². The maximum Gasteiger partial charge on any atom is 0.326 e. The highest BCUT2D eigenvalue weighted by atomic mass is 16.4. The van der Waals surface area contributed by atoms with Crippen LogP contribution in [0.15, 0.2) is 54.6 Å². The zero-order valence-corrected chi connectivity index (χ0v) is 21.9. The molecule has 0 fully saturated rings. The Labute approximate surface area is 230 Å². The largest absolute Gasteiger partial charge is 0.508 e. The van der Waals surface area contributed by atoms with Gasteiger partial charge >= 0.3 is 5.97 Å². The number of phenolic OH excluding ortho intramolecular Hbond substituents is 1. The van der Waals surface area contributed by atoms with Crippen molar-refractivity contribution in [1.82, 2.24) is 16.0 Å². The second-order valence-corrected chi connectivity index (χ2v) is 9.36. The molecule has 13 nitrogen and oxygen atoms in total. The molecule has 216 valence electrons. The fraction of sp³-hybridized carbons (Fsp3) is 0.370. The molecule has 40 heavy (non-hydrogen) atoms. The van der Waals surface area contributed by atoms with E-state index in [9.17, 15) is 39.3 Å². The summed E-state index contributed by atoms with van der Waals surface area (Å²) in [6, 6.07) is 9.54. The number of carboxylic acid groups (broad SMARTS) is 1. The quantitative estimate of drug-likeness (QED) is 0.130. The van der Waals surface area contributed by atoms with Gasteiger partial charge in [0, 0.05) is 12.8 Å². The third-order valence-corrected chi connectivity index (χ3v) is 6.00. The number of benzene rings is 2. The van der Waals surface area contributed by atoms with E-state index in [2.05, 4.69) is 16.0 Å². The maximum absolute atomic E-state index is 13.3. The summed E-state index contributed by atoms with van der Waals surface area (Å²) < 4.78 is 0. The van der Waals surface area contributed by atoms with Crippen molar-refractivity contribution in [2.75, 3.05) is 0 Å². The summed E-state index contributed by atoms with van der Waals surface area (Å²) in [5, 5.41) is 36.3. The highest BCUT2D eigenvalue weighted by Gasteiger charge is 2.33. The molecule has 10 N–H and O–H groups in total. The molecule has 2 aromatic carbocycles. The standard InChI is InChI=1S/C27H35N5O8/c1-15(33)23(26(38)30-20(27(39)40)11-12-22(29)35)32-25(37)21(14-17-7-9-18(34)10-8-17)31-24(36)19(28)13-16-5-3-2-4-6-16/h2-10,15,19-21,23,33-34H,11-14,28H2,1H3,(H2,29,35)(H,30,38)(H,31,36)(H,32,37)(H,39,40). The molecule has 0 heterocycles. The number of carbonyl (C=O) groups is 5. The van der Waals surface area contributed by atoms with Gasteiger partial charge in [-0.15, -0.1) is 0 Å². The lowest BCUT2D eigenvalue weighted by Crippen LogP contribution is -2.60. The van der Waals surface area contributed by atoms with E-state index in [1.54, 1.807) is 36.4 Å². The fourth-order valence-electron chi connectivity index (χ4n) is 3.78. The molecule has 0 radical (unpaired) electrons. The van der Waals surface area contributed by atoms with E-state index in [0.717, 1.165) is 5.56 Å². The highest BCUT2D eigenvalue weighted by molar-refractivity contribution is 5.94. The van der Waals surface area contributed by atoms with Gasteiger partial charge in [-0.25, -0.2) is 4.79 Å². The molecular weight excluding hydrogens is 522 g/mol. The van der Waals surface area contributed by atoms with Gasteiger partial charge in [0.2, 0.25) is 23.6 Å². The van der Waals surface area contributed by atoms with E-state index < -0.39 is 59.9 Å². The van der Waals surface area contributed by atoms with Crippen molar-refractivity contribution in [3.05, 3.63) is 65.7 Å². The molecule has 2 rings (SSSR count). The summed E-state index contributed by atoms with van der Waals surface area (Å²) >= 11 is 0. The van der Waals surface area contributed by atoms with Gasteiger partial charge in [0.25, 0.3) is 0 Å². The van der Waals surface area contributed by atoms with Crippen LogP contribution in [0.2, 0.25) is 0 Å². The van der Waals surface area contributed by atoms with Crippen LogP contribution < -0.4 is 27.4 Å². The third kappa shape index (κ3) is 10.3.